The summed E-state index contributed by atoms with van der Waals surface area (Å²) in [6.07, 6.45) is 0. The molecule has 1 aromatic heterocycles. The molecule has 6 nitrogen and oxygen atoms in total. The normalized spacial score (nSPS) is 12.3. The maximum absolute atomic E-state index is 11.5. The number of carbonyl (C=O) groups is 2. The largest absolute Gasteiger partial charge is 0.478 e. The van der Waals surface area contributed by atoms with Crippen molar-refractivity contribution < 1.29 is 23.8 Å². The lowest BCUT2D eigenvalue weighted by molar-refractivity contribution is -0.145. The van der Waals surface area contributed by atoms with Gasteiger partial charge >= 0.3 is 11.9 Å². The summed E-state index contributed by atoms with van der Waals surface area (Å²) < 4.78 is 10.4. The van der Waals surface area contributed by atoms with E-state index < -0.39 is 12.0 Å². The van der Waals surface area contributed by atoms with E-state index in [0.717, 1.165) is 0 Å². The summed E-state index contributed by atoms with van der Waals surface area (Å²) in [4.78, 5) is 22.9. The van der Waals surface area contributed by atoms with Crippen molar-refractivity contribution in [2.45, 2.75) is 26.4 Å². The number of carboxylic acids is 1. The summed E-state index contributed by atoms with van der Waals surface area (Å²) in [5.74, 6) is -1.15. The Morgan fingerprint density at radius 2 is 2.10 bits per heavy atom. The molecule has 0 aliphatic heterocycles. The molecule has 0 spiro atoms. The van der Waals surface area contributed by atoms with E-state index in [-0.39, 0.29) is 18.1 Å². The van der Waals surface area contributed by atoms with Gasteiger partial charge in [0, 0.05) is 5.39 Å². The van der Waals surface area contributed by atoms with Gasteiger partial charge in [0.15, 0.2) is 0 Å². The molecule has 0 fully saturated rings. The molecule has 1 unspecified atom stereocenters. The number of esters is 1. The molecule has 0 bridgehead atoms. The van der Waals surface area contributed by atoms with Gasteiger partial charge in [0.25, 0.3) is 0 Å². The number of rotatable bonds is 6. The summed E-state index contributed by atoms with van der Waals surface area (Å²) in [7, 11) is 0. The van der Waals surface area contributed by atoms with Crippen LogP contribution < -0.4 is 5.32 Å². The first kappa shape index (κ1) is 15.1. The molecule has 21 heavy (non-hydrogen) atoms. The van der Waals surface area contributed by atoms with Gasteiger partial charge in [-0.15, -0.1) is 0 Å². The van der Waals surface area contributed by atoms with Gasteiger partial charge in [0.05, 0.1) is 13.2 Å². The highest BCUT2D eigenvalue weighted by Gasteiger charge is 2.21. The first-order chi connectivity index (χ1) is 10.0. The lowest BCUT2D eigenvalue weighted by atomic mass is 10.1. The first-order valence-electron chi connectivity index (χ1n) is 6.68. The number of furan rings is 1. The molecule has 112 valence electrons. The third-order valence-electron chi connectivity index (χ3n) is 3.09. The Labute approximate surface area is 121 Å². The zero-order valence-electron chi connectivity index (χ0n) is 11.9. The van der Waals surface area contributed by atoms with Crippen molar-refractivity contribution >= 4 is 22.9 Å². The van der Waals surface area contributed by atoms with Crippen LogP contribution in [0.5, 0.6) is 0 Å². The summed E-state index contributed by atoms with van der Waals surface area (Å²) in [6, 6.07) is 6.39. The predicted molar refractivity (Wildman–Crippen MR) is 76.1 cm³/mol. The van der Waals surface area contributed by atoms with Crippen molar-refractivity contribution in [1.82, 2.24) is 5.32 Å². The van der Waals surface area contributed by atoms with Crippen LogP contribution in [-0.2, 0) is 16.1 Å². The lowest BCUT2D eigenvalue weighted by Gasteiger charge is -2.11. The fourth-order valence-electron chi connectivity index (χ4n) is 2.05. The standard InChI is InChI=1S/C15H17NO5/c1-3-20-15(19)9(2)16-8-12-13(14(17)18)10-6-4-5-7-11(10)21-12/h4-7,9,16H,3,8H2,1-2H3,(H,17,18). The molecule has 1 aromatic carbocycles. The zero-order chi connectivity index (χ0) is 15.4. The molecule has 0 aliphatic carbocycles. The van der Waals surface area contributed by atoms with E-state index in [1.54, 1.807) is 38.1 Å². The van der Waals surface area contributed by atoms with Gasteiger partial charge in [0.2, 0.25) is 0 Å². The summed E-state index contributed by atoms with van der Waals surface area (Å²) in [6.45, 7) is 3.82. The van der Waals surface area contributed by atoms with E-state index >= 15 is 0 Å². The molecule has 1 heterocycles. The fourth-order valence-corrected chi connectivity index (χ4v) is 2.05. The first-order valence-corrected chi connectivity index (χ1v) is 6.68. The number of nitrogens with one attached hydrogen (secondary N) is 1. The number of carboxylic acid groups (broad SMARTS) is 1. The Kier molecular flexibility index (Phi) is 4.59. The minimum atomic E-state index is -1.06. The van der Waals surface area contributed by atoms with Gasteiger partial charge in [-0.05, 0) is 19.9 Å². The van der Waals surface area contributed by atoms with Crippen LogP contribution in [0.2, 0.25) is 0 Å². The van der Waals surface area contributed by atoms with E-state index in [2.05, 4.69) is 5.32 Å². The van der Waals surface area contributed by atoms with Crippen LogP contribution in [-0.4, -0.2) is 29.7 Å². The van der Waals surface area contributed by atoms with Gasteiger partial charge < -0.3 is 14.3 Å². The molecule has 0 saturated carbocycles. The van der Waals surface area contributed by atoms with Gasteiger partial charge in [-0.1, -0.05) is 18.2 Å². The predicted octanol–water partition coefficient (Wildman–Crippen LogP) is 2.17. The summed E-state index contributed by atoms with van der Waals surface area (Å²) in [5.41, 5.74) is 0.629. The summed E-state index contributed by atoms with van der Waals surface area (Å²) >= 11 is 0. The van der Waals surface area contributed by atoms with Crippen molar-refractivity contribution in [3.05, 3.63) is 35.6 Å². The Hall–Kier alpha value is -2.34. The number of para-hydroxylation sites is 1. The topological polar surface area (TPSA) is 88.8 Å². The minimum Gasteiger partial charge on any atom is -0.478 e. The number of fused-ring (bicyclic) bond motifs is 1. The molecule has 0 amide bonds. The SMILES string of the molecule is CCOC(=O)C(C)NCc1oc2ccccc2c1C(=O)O. The molecule has 2 rings (SSSR count). The van der Waals surface area contributed by atoms with Crippen LogP contribution in [0.4, 0.5) is 0 Å². The van der Waals surface area contributed by atoms with E-state index in [1.807, 2.05) is 0 Å². The third-order valence-corrected chi connectivity index (χ3v) is 3.09. The average Bonchev–Trinajstić information content (AvgIpc) is 2.83. The Balaban J connectivity index is 2.20. The molecule has 0 saturated heterocycles. The Bertz CT molecular complexity index is 661. The summed E-state index contributed by atoms with van der Waals surface area (Å²) in [5, 5.41) is 12.8. The smallest absolute Gasteiger partial charge is 0.339 e. The molecule has 0 radical (unpaired) electrons. The van der Waals surface area contributed by atoms with Crippen LogP contribution in [0.1, 0.15) is 30.0 Å². The molecular formula is C15H17NO5. The number of carbonyl (C=O) groups excluding carboxylic acids is 1. The average molecular weight is 291 g/mol. The van der Waals surface area contributed by atoms with Gasteiger partial charge in [0.1, 0.15) is 22.9 Å². The maximum Gasteiger partial charge on any atom is 0.339 e. The number of hydrogen-bond acceptors (Lipinski definition) is 5. The molecular weight excluding hydrogens is 274 g/mol. The Morgan fingerprint density at radius 3 is 2.76 bits per heavy atom. The maximum atomic E-state index is 11.5. The van der Waals surface area contributed by atoms with Crippen LogP contribution in [0, 0.1) is 0 Å². The second kappa shape index (κ2) is 6.41. The van der Waals surface area contributed by atoms with Crippen molar-refractivity contribution in [2.24, 2.45) is 0 Å². The van der Waals surface area contributed by atoms with Crippen LogP contribution in [0.25, 0.3) is 11.0 Å². The quantitative estimate of drug-likeness (QED) is 0.793. The zero-order valence-corrected chi connectivity index (χ0v) is 11.9. The number of aromatic carboxylic acids is 1. The minimum absolute atomic E-state index is 0.120. The highest BCUT2D eigenvalue weighted by molar-refractivity contribution is 6.03. The number of ether oxygens (including phenoxy) is 1. The molecule has 0 aliphatic rings. The number of hydrogen-bond donors (Lipinski definition) is 2. The highest BCUT2D eigenvalue weighted by Crippen LogP contribution is 2.25. The van der Waals surface area contributed by atoms with Gasteiger partial charge in [-0.25, -0.2) is 4.79 Å². The second-order valence-electron chi connectivity index (χ2n) is 4.56. The highest BCUT2D eigenvalue weighted by atomic mass is 16.5. The van der Waals surface area contributed by atoms with Gasteiger partial charge in [-0.3, -0.25) is 10.1 Å². The second-order valence-corrected chi connectivity index (χ2v) is 4.56. The van der Waals surface area contributed by atoms with E-state index in [9.17, 15) is 14.7 Å². The lowest BCUT2D eigenvalue weighted by Crippen LogP contribution is -2.35. The van der Waals surface area contributed by atoms with Crippen LogP contribution >= 0.6 is 0 Å². The van der Waals surface area contributed by atoms with Crippen molar-refractivity contribution in [3.63, 3.8) is 0 Å². The van der Waals surface area contributed by atoms with Crippen molar-refractivity contribution in [3.8, 4) is 0 Å². The third kappa shape index (κ3) is 3.22. The van der Waals surface area contributed by atoms with Crippen molar-refractivity contribution in [2.75, 3.05) is 6.61 Å². The van der Waals surface area contributed by atoms with Crippen molar-refractivity contribution in [1.29, 1.82) is 0 Å². The molecule has 6 heteroatoms. The van der Waals surface area contributed by atoms with E-state index in [4.69, 9.17) is 9.15 Å². The molecule has 2 N–H and O–H groups in total. The fraction of sp³-hybridized carbons (Fsp3) is 0.333. The van der Waals surface area contributed by atoms with Crippen LogP contribution in [0.15, 0.2) is 28.7 Å². The van der Waals surface area contributed by atoms with Gasteiger partial charge in [-0.2, -0.15) is 0 Å². The van der Waals surface area contributed by atoms with E-state index in [1.165, 1.54) is 0 Å². The molecule has 1 atom stereocenters. The molecule has 2 aromatic rings. The van der Waals surface area contributed by atoms with Crippen LogP contribution in [0.3, 0.4) is 0 Å². The monoisotopic (exact) mass is 291 g/mol. The Morgan fingerprint density at radius 1 is 1.38 bits per heavy atom. The van der Waals surface area contributed by atoms with E-state index in [0.29, 0.717) is 23.3 Å². The number of benzene rings is 1.